The molecule has 0 aromatic heterocycles. The highest BCUT2D eigenvalue weighted by molar-refractivity contribution is 5.94. The van der Waals surface area contributed by atoms with Gasteiger partial charge < -0.3 is 9.64 Å². The molecular weight excluding hydrogens is 257 g/mol. The van der Waals surface area contributed by atoms with Gasteiger partial charge in [-0.3, -0.25) is 4.79 Å². The van der Waals surface area contributed by atoms with Crippen LogP contribution in [0.5, 0.6) is 5.75 Å². The Morgan fingerprint density at radius 3 is 2.40 bits per heavy atom. The Bertz CT molecular complexity index is 572. The van der Waals surface area contributed by atoms with Crippen molar-refractivity contribution in [2.45, 2.75) is 6.92 Å². The molecule has 1 amide bonds. The maximum Gasteiger partial charge on any atom is 0.264 e. The van der Waals surface area contributed by atoms with Gasteiger partial charge in [0, 0.05) is 12.2 Å². The van der Waals surface area contributed by atoms with Crippen molar-refractivity contribution in [2.24, 2.45) is 0 Å². The van der Waals surface area contributed by atoms with E-state index in [4.69, 9.17) is 4.74 Å². The van der Waals surface area contributed by atoms with Crippen LogP contribution in [-0.4, -0.2) is 19.1 Å². The summed E-state index contributed by atoms with van der Waals surface area (Å²) in [5.41, 5.74) is 0.803. The van der Waals surface area contributed by atoms with Gasteiger partial charge in [-0.05, 0) is 31.2 Å². The lowest BCUT2D eigenvalue weighted by molar-refractivity contribution is -0.120. The van der Waals surface area contributed by atoms with E-state index in [1.54, 1.807) is 17.0 Å². The van der Waals surface area contributed by atoms with Crippen LogP contribution >= 0.6 is 0 Å². The van der Waals surface area contributed by atoms with Crippen molar-refractivity contribution in [1.29, 1.82) is 0 Å². The van der Waals surface area contributed by atoms with Crippen molar-refractivity contribution in [3.63, 3.8) is 0 Å². The number of ether oxygens (including phenoxy) is 1. The lowest BCUT2D eigenvalue weighted by atomic mass is 10.3. The molecule has 104 valence electrons. The highest BCUT2D eigenvalue weighted by Crippen LogP contribution is 2.17. The molecule has 0 aliphatic heterocycles. The molecule has 0 saturated heterocycles. The summed E-state index contributed by atoms with van der Waals surface area (Å²) in [6, 6.07) is 15.4. The molecule has 4 heteroatoms. The fourth-order valence-corrected chi connectivity index (χ4v) is 1.89. The molecule has 0 saturated carbocycles. The maximum absolute atomic E-state index is 13.4. The Balaban J connectivity index is 2.02. The van der Waals surface area contributed by atoms with Gasteiger partial charge in [-0.25, -0.2) is 4.39 Å². The Labute approximate surface area is 117 Å². The molecular formula is C16H16FNO2. The Kier molecular flexibility index (Phi) is 4.71. The molecule has 0 spiro atoms. The largest absolute Gasteiger partial charge is 0.481 e. The number of para-hydroxylation sites is 2. The van der Waals surface area contributed by atoms with E-state index in [1.165, 1.54) is 12.1 Å². The molecule has 0 radical (unpaired) electrons. The number of carbonyl (C=O) groups excluding carboxylic acids is 1. The van der Waals surface area contributed by atoms with Crippen LogP contribution in [0.4, 0.5) is 10.1 Å². The summed E-state index contributed by atoms with van der Waals surface area (Å²) in [5, 5.41) is 0. The van der Waals surface area contributed by atoms with Crippen LogP contribution in [0.15, 0.2) is 54.6 Å². The molecule has 0 N–H and O–H groups in total. The molecule has 0 aliphatic carbocycles. The lowest BCUT2D eigenvalue weighted by Gasteiger charge is -2.21. The van der Waals surface area contributed by atoms with Gasteiger partial charge in [0.25, 0.3) is 5.91 Å². The van der Waals surface area contributed by atoms with Gasteiger partial charge in [0.2, 0.25) is 0 Å². The Hall–Kier alpha value is -2.36. The number of carbonyl (C=O) groups is 1. The predicted molar refractivity (Wildman–Crippen MR) is 76.4 cm³/mol. The fraction of sp³-hybridized carbons (Fsp3) is 0.188. The Morgan fingerprint density at radius 1 is 1.10 bits per heavy atom. The first kappa shape index (κ1) is 14.1. The van der Waals surface area contributed by atoms with Gasteiger partial charge in [0.15, 0.2) is 18.2 Å². The van der Waals surface area contributed by atoms with Crippen molar-refractivity contribution in [3.8, 4) is 5.75 Å². The summed E-state index contributed by atoms with van der Waals surface area (Å²) >= 11 is 0. The molecule has 0 fully saturated rings. The molecule has 0 bridgehead atoms. The van der Waals surface area contributed by atoms with E-state index in [0.717, 1.165) is 5.69 Å². The van der Waals surface area contributed by atoms with E-state index in [1.807, 2.05) is 37.3 Å². The molecule has 2 rings (SSSR count). The first-order chi connectivity index (χ1) is 9.72. The molecule has 0 aliphatic rings. The summed E-state index contributed by atoms with van der Waals surface area (Å²) in [7, 11) is 0. The summed E-state index contributed by atoms with van der Waals surface area (Å²) in [6.45, 7) is 2.22. The van der Waals surface area contributed by atoms with Crippen LogP contribution in [0.3, 0.4) is 0 Å². The van der Waals surface area contributed by atoms with Crippen molar-refractivity contribution in [1.82, 2.24) is 0 Å². The van der Waals surface area contributed by atoms with E-state index in [2.05, 4.69) is 0 Å². The second kappa shape index (κ2) is 6.70. The lowest BCUT2D eigenvalue weighted by Crippen LogP contribution is -2.34. The molecule has 3 nitrogen and oxygen atoms in total. The van der Waals surface area contributed by atoms with E-state index in [9.17, 15) is 9.18 Å². The van der Waals surface area contributed by atoms with E-state index >= 15 is 0 Å². The van der Waals surface area contributed by atoms with E-state index in [-0.39, 0.29) is 18.3 Å². The van der Waals surface area contributed by atoms with Gasteiger partial charge in [0.1, 0.15) is 0 Å². The minimum atomic E-state index is -0.469. The fourth-order valence-electron chi connectivity index (χ4n) is 1.89. The Morgan fingerprint density at radius 2 is 1.75 bits per heavy atom. The highest BCUT2D eigenvalue weighted by atomic mass is 19.1. The average molecular weight is 273 g/mol. The van der Waals surface area contributed by atoms with E-state index < -0.39 is 5.82 Å². The van der Waals surface area contributed by atoms with Gasteiger partial charge in [-0.15, -0.1) is 0 Å². The summed E-state index contributed by atoms with van der Waals surface area (Å²) in [5.74, 6) is -0.588. The zero-order valence-corrected chi connectivity index (χ0v) is 11.3. The third-order valence-corrected chi connectivity index (χ3v) is 2.87. The molecule has 2 aromatic carbocycles. The van der Waals surface area contributed by atoms with Crippen molar-refractivity contribution >= 4 is 11.6 Å². The minimum absolute atomic E-state index is 0.0879. The second-order valence-electron chi connectivity index (χ2n) is 4.19. The number of hydrogen-bond acceptors (Lipinski definition) is 2. The SMILES string of the molecule is CCN(C(=O)COc1ccccc1F)c1ccccc1. The number of nitrogens with zero attached hydrogens (tertiary/aromatic N) is 1. The predicted octanol–water partition coefficient (Wildman–Crippen LogP) is 3.26. The average Bonchev–Trinajstić information content (AvgIpc) is 2.48. The normalized spacial score (nSPS) is 10.1. The quantitative estimate of drug-likeness (QED) is 0.837. The van der Waals surface area contributed by atoms with Crippen LogP contribution < -0.4 is 9.64 Å². The number of halogens is 1. The van der Waals surface area contributed by atoms with Gasteiger partial charge in [0.05, 0.1) is 0 Å². The van der Waals surface area contributed by atoms with Crippen molar-refractivity contribution in [3.05, 3.63) is 60.4 Å². The van der Waals surface area contributed by atoms with Gasteiger partial charge in [-0.2, -0.15) is 0 Å². The van der Waals surface area contributed by atoms with Crippen LogP contribution in [0.2, 0.25) is 0 Å². The summed E-state index contributed by atoms with van der Waals surface area (Å²) < 4.78 is 18.6. The van der Waals surface area contributed by atoms with Crippen LogP contribution in [-0.2, 0) is 4.79 Å². The first-order valence-corrected chi connectivity index (χ1v) is 6.45. The highest BCUT2D eigenvalue weighted by Gasteiger charge is 2.14. The molecule has 2 aromatic rings. The maximum atomic E-state index is 13.4. The number of amides is 1. The second-order valence-corrected chi connectivity index (χ2v) is 4.19. The molecule has 0 heterocycles. The number of likely N-dealkylation sites (N-methyl/N-ethyl adjacent to an activating group) is 1. The van der Waals surface area contributed by atoms with Crippen LogP contribution in [0, 0.1) is 5.82 Å². The van der Waals surface area contributed by atoms with Gasteiger partial charge in [-0.1, -0.05) is 30.3 Å². The monoisotopic (exact) mass is 273 g/mol. The molecule has 0 unspecified atom stereocenters. The summed E-state index contributed by atoms with van der Waals surface area (Å²) in [6.07, 6.45) is 0. The van der Waals surface area contributed by atoms with Crippen molar-refractivity contribution < 1.29 is 13.9 Å². The number of anilines is 1. The topological polar surface area (TPSA) is 29.5 Å². The smallest absolute Gasteiger partial charge is 0.264 e. The number of hydrogen-bond donors (Lipinski definition) is 0. The van der Waals surface area contributed by atoms with Crippen molar-refractivity contribution in [2.75, 3.05) is 18.1 Å². The molecule has 0 atom stereocenters. The van der Waals surface area contributed by atoms with Gasteiger partial charge >= 0.3 is 0 Å². The third kappa shape index (κ3) is 3.35. The van der Waals surface area contributed by atoms with Crippen LogP contribution in [0.25, 0.3) is 0 Å². The zero-order valence-electron chi connectivity index (χ0n) is 11.3. The van der Waals surface area contributed by atoms with E-state index in [0.29, 0.717) is 6.54 Å². The first-order valence-electron chi connectivity index (χ1n) is 6.45. The standard InChI is InChI=1S/C16H16FNO2/c1-2-18(13-8-4-3-5-9-13)16(19)12-20-15-11-7-6-10-14(15)17/h3-11H,2,12H2,1H3. The zero-order chi connectivity index (χ0) is 14.4. The van der Waals surface area contributed by atoms with Crippen LogP contribution in [0.1, 0.15) is 6.92 Å². The summed E-state index contributed by atoms with van der Waals surface area (Å²) in [4.78, 5) is 13.7. The number of rotatable bonds is 5. The molecule has 20 heavy (non-hydrogen) atoms. The third-order valence-electron chi connectivity index (χ3n) is 2.87. The minimum Gasteiger partial charge on any atom is -0.481 e. The number of benzene rings is 2.